The minimum atomic E-state index is -0.328. The van der Waals surface area contributed by atoms with Gasteiger partial charge in [0.05, 0.1) is 22.3 Å². The van der Waals surface area contributed by atoms with E-state index in [9.17, 15) is 14.0 Å². The molecule has 0 saturated heterocycles. The fourth-order valence-corrected chi connectivity index (χ4v) is 4.51. The van der Waals surface area contributed by atoms with Crippen LogP contribution in [0, 0.1) is 25.6 Å². The molecule has 4 rings (SSSR count). The number of halogens is 2. The molecule has 0 bridgehead atoms. The maximum atomic E-state index is 13.9. The minimum absolute atomic E-state index is 0.118. The summed E-state index contributed by atoms with van der Waals surface area (Å²) in [6.45, 7) is 3.59. The van der Waals surface area contributed by atoms with Crippen molar-refractivity contribution >= 4 is 21.8 Å². The molecule has 162 valence electrons. The van der Waals surface area contributed by atoms with Crippen LogP contribution in [0.2, 0.25) is 0 Å². The van der Waals surface area contributed by atoms with Crippen molar-refractivity contribution in [1.82, 2.24) is 14.9 Å². The first-order valence-corrected chi connectivity index (χ1v) is 11.0. The van der Waals surface area contributed by atoms with E-state index < -0.39 is 0 Å². The number of carbonyl (C=O) groups excluding carboxylic acids is 1. The molecule has 0 unspecified atom stereocenters. The normalized spacial score (nSPS) is 14.8. The van der Waals surface area contributed by atoms with Gasteiger partial charge in [0.1, 0.15) is 18.6 Å². The van der Waals surface area contributed by atoms with Crippen LogP contribution < -0.4 is 10.9 Å². The molecule has 1 N–H and O–H groups in total. The van der Waals surface area contributed by atoms with Crippen LogP contribution in [0.4, 0.5) is 4.39 Å². The van der Waals surface area contributed by atoms with Gasteiger partial charge in [0.25, 0.3) is 11.5 Å². The maximum Gasteiger partial charge on any atom is 0.265 e. The summed E-state index contributed by atoms with van der Waals surface area (Å²) in [6.07, 6.45) is 6.00. The summed E-state index contributed by atoms with van der Waals surface area (Å²) in [7, 11) is 0. The molecule has 31 heavy (non-hydrogen) atoms. The summed E-state index contributed by atoms with van der Waals surface area (Å²) in [6, 6.07) is 6.08. The fourth-order valence-electron chi connectivity index (χ4n) is 4.10. The van der Waals surface area contributed by atoms with Gasteiger partial charge in [-0.05, 0) is 71.8 Å². The molecule has 1 aromatic carbocycles. The van der Waals surface area contributed by atoms with E-state index in [1.54, 1.807) is 19.9 Å². The topological polar surface area (TPSA) is 77.1 Å². The van der Waals surface area contributed by atoms with Gasteiger partial charge >= 0.3 is 0 Å². The van der Waals surface area contributed by atoms with Crippen molar-refractivity contribution in [3.05, 3.63) is 85.6 Å². The summed E-state index contributed by atoms with van der Waals surface area (Å²) >= 11 is 3.35. The van der Waals surface area contributed by atoms with Crippen molar-refractivity contribution in [2.45, 2.75) is 45.7 Å². The Balaban J connectivity index is 1.71. The van der Waals surface area contributed by atoms with Crippen molar-refractivity contribution in [2.24, 2.45) is 5.92 Å². The molecule has 1 amide bonds. The van der Waals surface area contributed by atoms with Gasteiger partial charge in [-0.1, -0.05) is 18.6 Å². The average molecular weight is 488 g/mol. The zero-order valence-corrected chi connectivity index (χ0v) is 18.9. The van der Waals surface area contributed by atoms with Gasteiger partial charge in [-0.15, -0.1) is 0 Å². The second kappa shape index (κ2) is 8.78. The molecule has 1 aliphatic rings. The molecule has 1 saturated carbocycles. The van der Waals surface area contributed by atoms with Crippen molar-refractivity contribution in [2.75, 3.05) is 0 Å². The lowest BCUT2D eigenvalue weighted by Gasteiger charge is -2.35. The summed E-state index contributed by atoms with van der Waals surface area (Å²) in [5.74, 6) is 0.0103. The van der Waals surface area contributed by atoms with E-state index in [2.05, 4.69) is 26.2 Å². The Bertz CT molecular complexity index is 1170. The van der Waals surface area contributed by atoms with Gasteiger partial charge in [-0.25, -0.2) is 9.37 Å². The van der Waals surface area contributed by atoms with Gasteiger partial charge in [-0.3, -0.25) is 9.59 Å². The summed E-state index contributed by atoms with van der Waals surface area (Å²) < 4.78 is 20.9. The van der Waals surface area contributed by atoms with Crippen molar-refractivity contribution < 1.29 is 13.6 Å². The zero-order chi connectivity index (χ0) is 22.1. The van der Waals surface area contributed by atoms with Crippen LogP contribution in [0.3, 0.4) is 0 Å². The van der Waals surface area contributed by atoms with Gasteiger partial charge in [0.15, 0.2) is 0 Å². The highest BCUT2D eigenvalue weighted by molar-refractivity contribution is 9.10. The quantitative estimate of drug-likeness (QED) is 0.547. The molecule has 8 heteroatoms. The number of carbonyl (C=O) groups is 1. The first-order chi connectivity index (χ1) is 14.9. The fraction of sp³-hybridized carbons (Fsp3) is 0.348. The van der Waals surface area contributed by atoms with E-state index in [-0.39, 0.29) is 35.8 Å². The molecule has 2 heterocycles. The first-order valence-electron chi connectivity index (χ1n) is 10.2. The van der Waals surface area contributed by atoms with E-state index in [4.69, 9.17) is 4.42 Å². The predicted octanol–water partition coefficient (Wildman–Crippen LogP) is 4.67. The minimum Gasteiger partial charge on any atom is -0.447 e. The molecule has 0 aliphatic heterocycles. The second-order valence-electron chi connectivity index (χ2n) is 7.91. The third-order valence-corrected chi connectivity index (χ3v) is 6.96. The molecule has 1 atom stereocenters. The summed E-state index contributed by atoms with van der Waals surface area (Å²) in [5.41, 5.74) is 1.99. The van der Waals surface area contributed by atoms with Gasteiger partial charge in [-0.2, -0.15) is 0 Å². The maximum absolute atomic E-state index is 13.9. The van der Waals surface area contributed by atoms with Crippen LogP contribution in [-0.2, 0) is 6.54 Å². The largest absolute Gasteiger partial charge is 0.447 e. The Hall–Kier alpha value is -2.74. The Kier molecular flexibility index (Phi) is 6.09. The zero-order valence-electron chi connectivity index (χ0n) is 17.3. The number of hydrogen-bond donors (Lipinski definition) is 1. The molecular formula is C23H23BrFN3O3. The molecule has 3 aromatic rings. The van der Waals surface area contributed by atoms with E-state index in [0.717, 1.165) is 24.8 Å². The van der Waals surface area contributed by atoms with E-state index in [0.29, 0.717) is 27.2 Å². The molecule has 6 nitrogen and oxygen atoms in total. The third-order valence-electron chi connectivity index (χ3n) is 6.02. The molecular weight excluding hydrogens is 465 g/mol. The van der Waals surface area contributed by atoms with Crippen molar-refractivity contribution in [3.8, 4) is 0 Å². The molecule has 1 aliphatic carbocycles. The Morgan fingerprint density at radius 3 is 2.77 bits per heavy atom. The highest BCUT2D eigenvalue weighted by atomic mass is 79.9. The molecule has 2 aromatic heterocycles. The lowest BCUT2D eigenvalue weighted by Crippen LogP contribution is -2.38. The number of pyridine rings is 1. The Labute approximate surface area is 187 Å². The number of benzene rings is 1. The van der Waals surface area contributed by atoms with Crippen LogP contribution in [0.15, 0.2) is 50.4 Å². The van der Waals surface area contributed by atoms with Crippen molar-refractivity contribution in [3.63, 3.8) is 0 Å². The number of aromatic nitrogens is 2. The van der Waals surface area contributed by atoms with Crippen LogP contribution >= 0.6 is 15.9 Å². The van der Waals surface area contributed by atoms with Crippen molar-refractivity contribution in [1.29, 1.82) is 0 Å². The number of rotatable bonds is 6. The number of oxazole rings is 1. The Morgan fingerprint density at radius 2 is 2.16 bits per heavy atom. The molecule has 1 fully saturated rings. The standard InChI is InChI=1S/C23H23BrFN3O3/c1-13-19(14(2)28(23(30)20(13)24)12-18-26-9-10-31-18)22(29)27-21(15-5-3-6-15)16-7-4-8-17(25)11-16/h4,7-11,15,21H,3,5-6,12H2,1-2H3,(H,27,29)/t21-/m0/s1. The van der Waals surface area contributed by atoms with Gasteiger partial charge in [0.2, 0.25) is 5.89 Å². The van der Waals surface area contributed by atoms with E-state index in [1.807, 2.05) is 6.07 Å². The summed E-state index contributed by atoms with van der Waals surface area (Å²) in [4.78, 5) is 30.3. The number of amides is 1. The smallest absolute Gasteiger partial charge is 0.265 e. The molecule has 0 spiro atoms. The Morgan fingerprint density at radius 1 is 1.39 bits per heavy atom. The van der Waals surface area contributed by atoms with Crippen LogP contribution in [-0.4, -0.2) is 15.5 Å². The predicted molar refractivity (Wildman–Crippen MR) is 117 cm³/mol. The summed E-state index contributed by atoms with van der Waals surface area (Å²) in [5, 5.41) is 3.11. The van der Waals surface area contributed by atoms with Crippen LogP contribution in [0.5, 0.6) is 0 Å². The molecule has 0 radical (unpaired) electrons. The highest BCUT2D eigenvalue weighted by Gasteiger charge is 2.31. The number of nitrogens with zero attached hydrogens (tertiary/aromatic N) is 2. The lowest BCUT2D eigenvalue weighted by molar-refractivity contribution is 0.0898. The second-order valence-corrected chi connectivity index (χ2v) is 8.71. The number of nitrogens with one attached hydrogen (secondary N) is 1. The van der Waals surface area contributed by atoms with E-state index >= 15 is 0 Å². The first kappa shape index (κ1) is 21.5. The average Bonchev–Trinajstić information content (AvgIpc) is 3.21. The van der Waals surface area contributed by atoms with Gasteiger partial charge in [0, 0.05) is 5.69 Å². The lowest BCUT2D eigenvalue weighted by atomic mass is 9.77. The van der Waals surface area contributed by atoms with Crippen LogP contribution in [0.1, 0.15) is 58.4 Å². The highest BCUT2D eigenvalue weighted by Crippen LogP contribution is 2.38. The monoisotopic (exact) mass is 487 g/mol. The van der Waals surface area contributed by atoms with Crippen LogP contribution in [0.25, 0.3) is 0 Å². The SMILES string of the molecule is Cc1c(C(=O)N[C@H](c2cccc(F)c2)C2CCC2)c(C)n(Cc2ncco2)c(=O)c1Br. The van der Waals surface area contributed by atoms with Gasteiger partial charge < -0.3 is 14.3 Å². The van der Waals surface area contributed by atoms with E-state index in [1.165, 1.54) is 29.2 Å². The third kappa shape index (κ3) is 4.21. The number of hydrogen-bond acceptors (Lipinski definition) is 4.